The second-order valence-electron chi connectivity index (χ2n) is 7.20. The number of hydrogen-bond donors (Lipinski definition) is 0. The number of carbonyl (C=O) groups is 1. The Morgan fingerprint density at radius 3 is 2.93 bits per heavy atom. The van der Waals surface area contributed by atoms with Gasteiger partial charge in [0.1, 0.15) is 29.7 Å². The number of benzene rings is 2. The molecule has 5 rings (SSSR count). The third kappa shape index (κ3) is 2.15. The lowest BCUT2D eigenvalue weighted by molar-refractivity contribution is -0.122. The molecule has 0 bridgehead atoms. The van der Waals surface area contributed by atoms with Crippen LogP contribution in [0.5, 0.6) is 5.75 Å². The fourth-order valence-electron chi connectivity index (χ4n) is 4.46. The summed E-state index contributed by atoms with van der Waals surface area (Å²) in [6.45, 7) is 1.31. The largest absolute Gasteiger partial charge is 0.491 e. The van der Waals surface area contributed by atoms with Crippen LogP contribution in [0.2, 0.25) is 0 Å². The molecule has 2 aromatic rings. The van der Waals surface area contributed by atoms with Gasteiger partial charge in [0.2, 0.25) is 5.91 Å². The molecule has 3 aliphatic heterocycles. The average molecular weight is 364 g/mol. The van der Waals surface area contributed by atoms with Gasteiger partial charge < -0.3 is 14.4 Å². The van der Waals surface area contributed by atoms with Crippen LogP contribution >= 0.6 is 0 Å². The van der Waals surface area contributed by atoms with Gasteiger partial charge in [-0.3, -0.25) is 4.79 Å². The first-order valence-electron chi connectivity index (χ1n) is 9.05. The van der Waals surface area contributed by atoms with Crippen molar-refractivity contribution < 1.29 is 18.7 Å². The Kier molecular flexibility index (Phi) is 3.49. The molecule has 136 valence electrons. The number of rotatable bonds is 2. The van der Waals surface area contributed by atoms with Gasteiger partial charge in [0, 0.05) is 23.9 Å². The lowest BCUT2D eigenvalue weighted by Crippen LogP contribution is -2.45. The molecular formula is C21H17FN2O3. The summed E-state index contributed by atoms with van der Waals surface area (Å²) in [5, 5.41) is 9.24. The van der Waals surface area contributed by atoms with E-state index in [0.717, 1.165) is 30.7 Å². The minimum atomic E-state index is -1.04. The summed E-state index contributed by atoms with van der Waals surface area (Å²) in [7, 11) is 0. The minimum absolute atomic E-state index is 0.0156. The first kappa shape index (κ1) is 16.3. The molecule has 27 heavy (non-hydrogen) atoms. The third-order valence-corrected chi connectivity index (χ3v) is 5.77. The summed E-state index contributed by atoms with van der Waals surface area (Å²) < 4.78 is 25.5. The summed E-state index contributed by atoms with van der Waals surface area (Å²) in [5.41, 5.74) is 1.11. The molecule has 0 aliphatic carbocycles. The van der Waals surface area contributed by atoms with Gasteiger partial charge in [-0.05, 0) is 30.5 Å². The van der Waals surface area contributed by atoms with Gasteiger partial charge in [-0.2, -0.15) is 5.26 Å². The molecule has 1 fully saturated rings. The van der Waals surface area contributed by atoms with Gasteiger partial charge in [-0.1, -0.05) is 18.2 Å². The summed E-state index contributed by atoms with van der Waals surface area (Å²) in [4.78, 5) is 15.4. The van der Waals surface area contributed by atoms with Crippen molar-refractivity contribution in [1.82, 2.24) is 0 Å². The topological polar surface area (TPSA) is 62.6 Å². The van der Waals surface area contributed by atoms with Crippen molar-refractivity contribution in [3.8, 4) is 11.8 Å². The van der Waals surface area contributed by atoms with E-state index in [1.54, 1.807) is 4.90 Å². The second kappa shape index (κ2) is 5.80. The molecule has 0 radical (unpaired) electrons. The van der Waals surface area contributed by atoms with Gasteiger partial charge in [0.15, 0.2) is 0 Å². The number of amides is 1. The highest BCUT2D eigenvalue weighted by Gasteiger charge is 2.57. The molecule has 1 spiro atoms. The van der Waals surface area contributed by atoms with E-state index in [2.05, 4.69) is 0 Å². The van der Waals surface area contributed by atoms with E-state index in [4.69, 9.17) is 9.47 Å². The number of carbonyl (C=O) groups excluding carboxylic acids is 1. The fourth-order valence-corrected chi connectivity index (χ4v) is 4.46. The van der Waals surface area contributed by atoms with Crippen molar-refractivity contribution >= 4 is 11.6 Å². The molecule has 3 heterocycles. The zero-order valence-electron chi connectivity index (χ0n) is 14.6. The van der Waals surface area contributed by atoms with Crippen LogP contribution in [0, 0.1) is 17.1 Å². The zero-order chi connectivity index (χ0) is 18.6. The van der Waals surface area contributed by atoms with Crippen molar-refractivity contribution in [2.45, 2.75) is 24.4 Å². The summed E-state index contributed by atoms with van der Waals surface area (Å²) in [5.74, 6) is -0.412. The van der Waals surface area contributed by atoms with Crippen LogP contribution in [0.4, 0.5) is 10.1 Å². The Morgan fingerprint density at radius 1 is 1.30 bits per heavy atom. The van der Waals surface area contributed by atoms with Crippen LogP contribution in [0.1, 0.15) is 29.5 Å². The minimum Gasteiger partial charge on any atom is -0.491 e. The van der Waals surface area contributed by atoms with Crippen LogP contribution < -0.4 is 9.64 Å². The molecule has 0 N–H and O–H groups in total. The summed E-state index contributed by atoms with van der Waals surface area (Å²) in [6, 6.07) is 12.2. The van der Waals surface area contributed by atoms with E-state index >= 15 is 0 Å². The Labute approximate surface area is 155 Å². The van der Waals surface area contributed by atoms with Gasteiger partial charge in [-0.15, -0.1) is 0 Å². The highest BCUT2D eigenvalue weighted by atomic mass is 19.1. The van der Waals surface area contributed by atoms with Crippen LogP contribution in [0.25, 0.3) is 0 Å². The van der Waals surface area contributed by atoms with Gasteiger partial charge in [0.25, 0.3) is 0 Å². The van der Waals surface area contributed by atoms with Crippen molar-refractivity contribution in [1.29, 1.82) is 5.26 Å². The second-order valence-corrected chi connectivity index (χ2v) is 7.20. The fraction of sp³-hybridized carbons (Fsp3) is 0.333. The number of nitriles is 1. The van der Waals surface area contributed by atoms with E-state index in [0.29, 0.717) is 17.9 Å². The number of halogens is 1. The maximum Gasteiger partial charge on any atom is 0.245 e. The van der Waals surface area contributed by atoms with Crippen molar-refractivity contribution in [2.75, 3.05) is 24.7 Å². The molecule has 1 amide bonds. The standard InChI is InChI=1S/C21H17FN2O3/c22-17-9-19-16(8-13(17)10-23)21(12-27-19)15-5-1-2-6-18(15)24(20(21)25)11-14-4-3-7-26-14/h1-2,5-6,8-9,14H,3-4,7,11-12H2. The van der Waals surface area contributed by atoms with E-state index in [1.807, 2.05) is 30.3 Å². The van der Waals surface area contributed by atoms with Crippen LogP contribution in [0.15, 0.2) is 36.4 Å². The van der Waals surface area contributed by atoms with Crippen LogP contribution in [0.3, 0.4) is 0 Å². The number of nitrogens with zero attached hydrogens (tertiary/aromatic N) is 2. The molecular weight excluding hydrogens is 347 g/mol. The van der Waals surface area contributed by atoms with Gasteiger partial charge >= 0.3 is 0 Å². The molecule has 5 nitrogen and oxygen atoms in total. The van der Waals surface area contributed by atoms with Gasteiger partial charge in [0.05, 0.1) is 18.2 Å². The predicted octanol–water partition coefficient (Wildman–Crippen LogP) is 2.90. The monoisotopic (exact) mass is 364 g/mol. The molecule has 0 saturated carbocycles. The Morgan fingerprint density at radius 2 is 2.15 bits per heavy atom. The summed E-state index contributed by atoms with van der Waals surface area (Å²) in [6.07, 6.45) is 1.94. The molecule has 6 heteroatoms. The molecule has 0 aromatic heterocycles. The Hall–Kier alpha value is -2.91. The molecule has 1 saturated heterocycles. The highest BCUT2D eigenvalue weighted by Crippen LogP contribution is 2.52. The van der Waals surface area contributed by atoms with E-state index in [1.165, 1.54) is 12.1 Å². The van der Waals surface area contributed by atoms with Crippen LogP contribution in [-0.4, -0.2) is 31.8 Å². The quantitative estimate of drug-likeness (QED) is 0.822. The molecule has 2 unspecified atom stereocenters. The normalized spacial score (nSPS) is 25.4. The van der Waals surface area contributed by atoms with E-state index in [-0.39, 0.29) is 24.2 Å². The Balaban J connectivity index is 1.66. The Bertz CT molecular complexity index is 993. The lowest BCUT2D eigenvalue weighted by atomic mass is 9.76. The maximum absolute atomic E-state index is 14.0. The number of fused-ring (bicyclic) bond motifs is 4. The van der Waals surface area contributed by atoms with Crippen molar-refractivity contribution in [3.63, 3.8) is 0 Å². The van der Waals surface area contributed by atoms with Crippen molar-refractivity contribution in [3.05, 3.63) is 58.9 Å². The van der Waals surface area contributed by atoms with Gasteiger partial charge in [-0.25, -0.2) is 4.39 Å². The highest BCUT2D eigenvalue weighted by molar-refractivity contribution is 6.11. The predicted molar refractivity (Wildman–Crippen MR) is 95.2 cm³/mol. The zero-order valence-corrected chi connectivity index (χ0v) is 14.6. The number of ether oxygens (including phenoxy) is 2. The lowest BCUT2D eigenvalue weighted by Gasteiger charge is -2.24. The van der Waals surface area contributed by atoms with Crippen molar-refractivity contribution in [2.24, 2.45) is 0 Å². The number of anilines is 1. The molecule has 2 atom stereocenters. The molecule has 3 aliphatic rings. The SMILES string of the molecule is N#Cc1cc2c(cc1F)OCC21C(=O)N(CC2CCCO2)c2ccccc21. The maximum atomic E-state index is 14.0. The smallest absolute Gasteiger partial charge is 0.245 e. The number of hydrogen-bond acceptors (Lipinski definition) is 4. The molecule has 2 aromatic carbocycles. The third-order valence-electron chi connectivity index (χ3n) is 5.77. The first-order valence-corrected chi connectivity index (χ1v) is 9.05. The average Bonchev–Trinajstić information content (AvgIpc) is 3.37. The van der Waals surface area contributed by atoms with E-state index in [9.17, 15) is 14.4 Å². The van der Waals surface area contributed by atoms with Crippen LogP contribution in [-0.2, 0) is 14.9 Å². The summed E-state index contributed by atoms with van der Waals surface area (Å²) >= 11 is 0. The van der Waals surface area contributed by atoms with E-state index < -0.39 is 11.2 Å². The first-order chi connectivity index (χ1) is 13.1. The number of para-hydroxylation sites is 1.